The minimum absolute atomic E-state index is 0.174. The highest BCUT2D eigenvalue weighted by molar-refractivity contribution is 4.99. The van der Waals surface area contributed by atoms with Crippen LogP contribution >= 0.6 is 0 Å². The van der Waals surface area contributed by atoms with Gasteiger partial charge in [-0.3, -0.25) is 0 Å². The summed E-state index contributed by atoms with van der Waals surface area (Å²) in [5, 5.41) is 3.62. The quantitative estimate of drug-likeness (QED) is 0.696. The van der Waals surface area contributed by atoms with Crippen molar-refractivity contribution in [2.45, 2.75) is 64.2 Å². The van der Waals surface area contributed by atoms with E-state index >= 15 is 0 Å². The van der Waals surface area contributed by atoms with Crippen molar-refractivity contribution < 1.29 is 4.74 Å². The number of morpholine rings is 1. The highest BCUT2D eigenvalue weighted by Gasteiger charge is 2.46. The smallest absolute Gasteiger partial charge is 0.0836 e. The van der Waals surface area contributed by atoms with Crippen molar-refractivity contribution in [2.24, 2.45) is 5.92 Å². The largest absolute Gasteiger partial charge is 0.369 e. The Morgan fingerprint density at radius 2 is 2.21 bits per heavy atom. The SMILES string of the molecule is CCC1OC2(CCCC2C)CNC1C. The molecule has 0 radical (unpaired) electrons. The van der Waals surface area contributed by atoms with E-state index in [2.05, 4.69) is 26.1 Å². The first-order chi connectivity index (χ1) is 6.68. The standard InChI is InChI=1S/C12H23NO/c1-4-11-10(3)13-8-12(14-11)7-5-6-9(12)2/h9-11,13H,4-8H2,1-3H3. The van der Waals surface area contributed by atoms with Crippen LogP contribution in [0.1, 0.15) is 46.5 Å². The van der Waals surface area contributed by atoms with Gasteiger partial charge in [-0.1, -0.05) is 20.3 Å². The molecule has 1 heterocycles. The minimum atomic E-state index is 0.174. The van der Waals surface area contributed by atoms with Gasteiger partial charge >= 0.3 is 0 Å². The van der Waals surface area contributed by atoms with Crippen molar-refractivity contribution in [1.29, 1.82) is 0 Å². The highest BCUT2D eigenvalue weighted by atomic mass is 16.5. The van der Waals surface area contributed by atoms with Crippen molar-refractivity contribution >= 4 is 0 Å². The first kappa shape index (κ1) is 10.4. The van der Waals surface area contributed by atoms with E-state index < -0.39 is 0 Å². The molecule has 1 saturated carbocycles. The monoisotopic (exact) mass is 197 g/mol. The van der Waals surface area contributed by atoms with Crippen LogP contribution in [0.3, 0.4) is 0 Å². The molecule has 1 N–H and O–H groups in total. The van der Waals surface area contributed by atoms with E-state index in [4.69, 9.17) is 4.74 Å². The molecular weight excluding hydrogens is 174 g/mol. The average molecular weight is 197 g/mol. The Kier molecular flexibility index (Phi) is 2.85. The Hall–Kier alpha value is -0.0800. The maximum absolute atomic E-state index is 6.35. The molecular formula is C12H23NO. The van der Waals surface area contributed by atoms with Crippen LogP contribution in [-0.4, -0.2) is 24.3 Å². The molecule has 2 rings (SSSR count). The van der Waals surface area contributed by atoms with Crippen molar-refractivity contribution in [3.05, 3.63) is 0 Å². The zero-order valence-corrected chi connectivity index (χ0v) is 9.68. The molecule has 2 nitrogen and oxygen atoms in total. The summed E-state index contributed by atoms with van der Waals surface area (Å²) in [6, 6.07) is 0.526. The third-order valence-corrected chi connectivity index (χ3v) is 4.20. The van der Waals surface area contributed by atoms with E-state index in [0.29, 0.717) is 12.1 Å². The molecule has 1 spiro atoms. The van der Waals surface area contributed by atoms with E-state index in [1.54, 1.807) is 0 Å². The zero-order valence-electron chi connectivity index (χ0n) is 9.68. The predicted octanol–water partition coefficient (Wildman–Crippen LogP) is 2.33. The Morgan fingerprint density at radius 1 is 1.43 bits per heavy atom. The molecule has 0 amide bonds. The molecule has 0 aromatic heterocycles. The second kappa shape index (κ2) is 3.82. The van der Waals surface area contributed by atoms with Gasteiger partial charge in [0.2, 0.25) is 0 Å². The summed E-state index contributed by atoms with van der Waals surface area (Å²) in [6.45, 7) is 7.87. The number of hydrogen-bond donors (Lipinski definition) is 1. The van der Waals surface area contributed by atoms with E-state index in [1.165, 1.54) is 19.3 Å². The lowest BCUT2D eigenvalue weighted by Crippen LogP contribution is -2.59. The van der Waals surface area contributed by atoms with Gasteiger partial charge < -0.3 is 10.1 Å². The number of ether oxygens (including phenoxy) is 1. The zero-order chi connectivity index (χ0) is 10.2. The molecule has 2 heteroatoms. The summed E-state index contributed by atoms with van der Waals surface area (Å²) in [7, 11) is 0. The Bertz CT molecular complexity index is 206. The van der Waals surface area contributed by atoms with Gasteiger partial charge in [-0.15, -0.1) is 0 Å². The van der Waals surface area contributed by atoms with E-state index in [-0.39, 0.29) is 5.60 Å². The Morgan fingerprint density at radius 3 is 2.79 bits per heavy atom. The van der Waals surface area contributed by atoms with Gasteiger partial charge in [0.05, 0.1) is 11.7 Å². The van der Waals surface area contributed by atoms with Gasteiger partial charge in [-0.2, -0.15) is 0 Å². The lowest BCUT2D eigenvalue weighted by molar-refractivity contribution is -0.149. The first-order valence-electron chi connectivity index (χ1n) is 6.09. The molecule has 82 valence electrons. The van der Waals surface area contributed by atoms with Crippen LogP contribution in [0, 0.1) is 5.92 Å². The van der Waals surface area contributed by atoms with Gasteiger partial charge in [0, 0.05) is 12.6 Å². The maximum Gasteiger partial charge on any atom is 0.0836 e. The fourth-order valence-corrected chi connectivity index (χ4v) is 3.00. The van der Waals surface area contributed by atoms with Crippen LogP contribution in [0.5, 0.6) is 0 Å². The van der Waals surface area contributed by atoms with Gasteiger partial charge in [0.1, 0.15) is 0 Å². The van der Waals surface area contributed by atoms with Crippen molar-refractivity contribution in [2.75, 3.05) is 6.54 Å². The minimum Gasteiger partial charge on any atom is -0.369 e. The van der Waals surface area contributed by atoms with Crippen LogP contribution in [0.25, 0.3) is 0 Å². The summed E-state index contributed by atoms with van der Waals surface area (Å²) in [5.41, 5.74) is 0.174. The fourth-order valence-electron chi connectivity index (χ4n) is 3.00. The maximum atomic E-state index is 6.35. The van der Waals surface area contributed by atoms with Crippen LogP contribution in [0.15, 0.2) is 0 Å². The molecule has 4 unspecified atom stereocenters. The summed E-state index contributed by atoms with van der Waals surface area (Å²) < 4.78 is 6.35. The van der Waals surface area contributed by atoms with Gasteiger partial charge in [0.25, 0.3) is 0 Å². The average Bonchev–Trinajstić information content (AvgIpc) is 2.53. The van der Waals surface area contributed by atoms with Crippen LogP contribution in [0.2, 0.25) is 0 Å². The van der Waals surface area contributed by atoms with Crippen molar-refractivity contribution in [3.63, 3.8) is 0 Å². The molecule has 1 saturated heterocycles. The molecule has 4 atom stereocenters. The topological polar surface area (TPSA) is 21.3 Å². The lowest BCUT2D eigenvalue weighted by atomic mass is 9.88. The number of hydrogen-bond acceptors (Lipinski definition) is 2. The first-order valence-corrected chi connectivity index (χ1v) is 6.09. The second-order valence-electron chi connectivity index (χ2n) is 5.09. The lowest BCUT2D eigenvalue weighted by Gasteiger charge is -2.45. The molecule has 2 aliphatic rings. The van der Waals surface area contributed by atoms with Crippen molar-refractivity contribution in [3.8, 4) is 0 Å². The van der Waals surface area contributed by atoms with E-state index in [1.807, 2.05) is 0 Å². The van der Waals surface area contributed by atoms with E-state index in [0.717, 1.165) is 18.9 Å². The van der Waals surface area contributed by atoms with Crippen LogP contribution in [0.4, 0.5) is 0 Å². The summed E-state index contributed by atoms with van der Waals surface area (Å²) in [4.78, 5) is 0. The van der Waals surface area contributed by atoms with Crippen LogP contribution < -0.4 is 5.32 Å². The third kappa shape index (κ3) is 1.59. The van der Waals surface area contributed by atoms with Gasteiger partial charge in [-0.25, -0.2) is 0 Å². The summed E-state index contributed by atoms with van der Waals surface area (Å²) >= 11 is 0. The Labute approximate surface area is 87.4 Å². The Balaban J connectivity index is 2.07. The van der Waals surface area contributed by atoms with Gasteiger partial charge in [-0.05, 0) is 32.1 Å². The molecule has 0 bridgehead atoms. The molecule has 14 heavy (non-hydrogen) atoms. The summed E-state index contributed by atoms with van der Waals surface area (Å²) in [5.74, 6) is 0.733. The van der Waals surface area contributed by atoms with Gasteiger partial charge in [0.15, 0.2) is 0 Å². The van der Waals surface area contributed by atoms with Crippen molar-refractivity contribution in [1.82, 2.24) is 5.32 Å². The predicted molar refractivity (Wildman–Crippen MR) is 58.4 cm³/mol. The fraction of sp³-hybridized carbons (Fsp3) is 1.00. The highest BCUT2D eigenvalue weighted by Crippen LogP contribution is 2.41. The second-order valence-corrected chi connectivity index (χ2v) is 5.09. The molecule has 2 fully saturated rings. The summed E-state index contributed by atoms with van der Waals surface area (Å²) in [6.07, 6.45) is 5.48. The molecule has 0 aromatic rings. The number of nitrogens with one attached hydrogen (secondary N) is 1. The molecule has 1 aliphatic heterocycles. The molecule has 1 aliphatic carbocycles. The van der Waals surface area contributed by atoms with E-state index in [9.17, 15) is 0 Å². The van der Waals surface area contributed by atoms with Crippen LogP contribution in [-0.2, 0) is 4.74 Å². The third-order valence-electron chi connectivity index (χ3n) is 4.20. The molecule has 0 aromatic carbocycles. The number of rotatable bonds is 1. The normalized spacial score (nSPS) is 48.6.